The maximum Gasteiger partial charge on any atom is 0.147 e. The fraction of sp³-hybridized carbons (Fsp3) is 0.714. The Balaban J connectivity index is 2.06. The molecule has 1 aliphatic heterocycles. The summed E-state index contributed by atoms with van der Waals surface area (Å²) in [6.07, 6.45) is 3.33. The number of nitrogens with zero attached hydrogens (tertiary/aromatic N) is 2. The van der Waals surface area contributed by atoms with E-state index in [0.717, 1.165) is 13.1 Å². The molecular formula is C14H24N2O3S. The number of sulfone groups is 1. The SMILES string of the molecule is C[C@H](CN1CCOC[C@@H]1c1cccn1C)CS(C)(=O)=O. The lowest BCUT2D eigenvalue weighted by molar-refractivity contribution is -0.0156. The zero-order valence-electron chi connectivity index (χ0n) is 12.4. The summed E-state index contributed by atoms with van der Waals surface area (Å²) in [5, 5.41) is 0. The van der Waals surface area contributed by atoms with Crippen molar-refractivity contribution in [2.24, 2.45) is 13.0 Å². The number of hydrogen-bond donors (Lipinski definition) is 0. The van der Waals surface area contributed by atoms with Crippen molar-refractivity contribution in [2.45, 2.75) is 13.0 Å². The number of rotatable bonds is 5. The molecule has 1 aromatic rings. The molecule has 20 heavy (non-hydrogen) atoms. The Hall–Kier alpha value is -0.850. The lowest BCUT2D eigenvalue weighted by Crippen LogP contribution is -2.43. The largest absolute Gasteiger partial charge is 0.378 e. The first-order valence-corrected chi connectivity index (χ1v) is 9.03. The predicted octanol–water partition coefficient (Wildman–Crippen LogP) is 1.08. The minimum Gasteiger partial charge on any atom is -0.378 e. The maximum absolute atomic E-state index is 11.4. The van der Waals surface area contributed by atoms with Gasteiger partial charge in [-0.05, 0) is 18.1 Å². The summed E-state index contributed by atoms with van der Waals surface area (Å²) in [7, 11) is -0.887. The third-order valence-electron chi connectivity index (χ3n) is 3.70. The molecule has 0 aliphatic carbocycles. The van der Waals surface area contributed by atoms with Crippen LogP contribution in [-0.2, 0) is 21.6 Å². The van der Waals surface area contributed by atoms with E-state index in [-0.39, 0.29) is 17.7 Å². The van der Waals surface area contributed by atoms with Gasteiger partial charge in [-0.15, -0.1) is 0 Å². The van der Waals surface area contributed by atoms with Gasteiger partial charge in [-0.1, -0.05) is 6.92 Å². The quantitative estimate of drug-likeness (QED) is 0.816. The molecule has 1 aromatic heterocycles. The fourth-order valence-corrected chi connectivity index (χ4v) is 4.06. The van der Waals surface area contributed by atoms with Crippen LogP contribution in [-0.4, -0.2) is 56.2 Å². The third kappa shape index (κ3) is 4.07. The summed E-state index contributed by atoms with van der Waals surface area (Å²) in [6, 6.07) is 4.35. The minimum absolute atomic E-state index is 0.130. The first kappa shape index (κ1) is 15.5. The highest BCUT2D eigenvalue weighted by molar-refractivity contribution is 7.90. The molecule has 5 nitrogen and oxygen atoms in total. The molecule has 1 fully saturated rings. The molecule has 1 aliphatic rings. The summed E-state index contributed by atoms with van der Waals surface area (Å²) in [6.45, 7) is 5.02. The molecule has 2 rings (SSSR count). The van der Waals surface area contributed by atoms with Crippen LogP contribution in [0.2, 0.25) is 0 Å². The van der Waals surface area contributed by atoms with Crippen molar-refractivity contribution in [3.63, 3.8) is 0 Å². The van der Waals surface area contributed by atoms with E-state index in [1.807, 2.05) is 26.2 Å². The lowest BCUT2D eigenvalue weighted by atomic mass is 10.1. The molecule has 2 heterocycles. The summed E-state index contributed by atoms with van der Waals surface area (Å²) in [5.74, 6) is 0.371. The number of hydrogen-bond acceptors (Lipinski definition) is 4. The molecule has 0 amide bonds. The van der Waals surface area contributed by atoms with Gasteiger partial charge in [0.1, 0.15) is 9.84 Å². The molecule has 0 spiro atoms. The van der Waals surface area contributed by atoms with Crippen molar-refractivity contribution in [2.75, 3.05) is 38.3 Å². The molecule has 0 aromatic carbocycles. The van der Waals surface area contributed by atoms with Crippen molar-refractivity contribution in [1.29, 1.82) is 0 Å². The summed E-state index contributed by atoms with van der Waals surface area (Å²) in [4.78, 5) is 2.34. The predicted molar refractivity (Wildman–Crippen MR) is 79.4 cm³/mol. The standard InChI is InChI=1S/C14H24N2O3S/c1-12(11-20(3,17)18)9-16-7-8-19-10-14(16)13-5-4-6-15(13)2/h4-6,12,14H,7-11H2,1-3H3/t12-,14-/m1/s1. The monoisotopic (exact) mass is 300 g/mol. The molecule has 0 radical (unpaired) electrons. The topological polar surface area (TPSA) is 51.5 Å². The van der Waals surface area contributed by atoms with E-state index in [9.17, 15) is 8.42 Å². The van der Waals surface area contributed by atoms with E-state index in [1.165, 1.54) is 11.9 Å². The summed E-state index contributed by atoms with van der Waals surface area (Å²) in [5.41, 5.74) is 1.22. The van der Waals surface area contributed by atoms with E-state index in [4.69, 9.17) is 4.74 Å². The van der Waals surface area contributed by atoms with Crippen molar-refractivity contribution < 1.29 is 13.2 Å². The summed E-state index contributed by atoms with van der Waals surface area (Å²) >= 11 is 0. The summed E-state index contributed by atoms with van der Waals surface area (Å²) < 4.78 is 30.5. The van der Waals surface area contributed by atoms with Gasteiger partial charge in [-0.2, -0.15) is 0 Å². The Kier molecular flexibility index (Phi) is 4.88. The van der Waals surface area contributed by atoms with E-state index in [0.29, 0.717) is 13.2 Å². The van der Waals surface area contributed by atoms with Crippen molar-refractivity contribution in [1.82, 2.24) is 9.47 Å². The van der Waals surface area contributed by atoms with Crippen LogP contribution in [0, 0.1) is 5.92 Å². The Morgan fingerprint density at radius 2 is 2.25 bits per heavy atom. The first-order valence-electron chi connectivity index (χ1n) is 6.97. The second-order valence-corrected chi connectivity index (χ2v) is 8.01. The Morgan fingerprint density at radius 3 is 2.85 bits per heavy atom. The maximum atomic E-state index is 11.4. The minimum atomic E-state index is -2.92. The van der Waals surface area contributed by atoms with Crippen molar-refractivity contribution in [3.05, 3.63) is 24.0 Å². The number of ether oxygens (including phenoxy) is 1. The molecule has 0 unspecified atom stereocenters. The second-order valence-electron chi connectivity index (χ2n) is 5.83. The second kappa shape index (κ2) is 6.28. The van der Waals surface area contributed by atoms with E-state index in [2.05, 4.69) is 15.5 Å². The van der Waals surface area contributed by atoms with Gasteiger partial charge in [-0.25, -0.2) is 8.42 Å². The highest BCUT2D eigenvalue weighted by Crippen LogP contribution is 2.25. The van der Waals surface area contributed by atoms with Crippen molar-refractivity contribution in [3.8, 4) is 0 Å². The van der Waals surface area contributed by atoms with Crippen LogP contribution in [0.15, 0.2) is 18.3 Å². The molecule has 0 N–H and O–H groups in total. The van der Waals surface area contributed by atoms with E-state index >= 15 is 0 Å². The van der Waals surface area contributed by atoms with Gasteiger partial charge in [0.25, 0.3) is 0 Å². The third-order valence-corrected chi connectivity index (χ3v) is 4.87. The van der Waals surface area contributed by atoms with Crippen LogP contribution in [0.3, 0.4) is 0 Å². The molecule has 6 heteroatoms. The van der Waals surface area contributed by atoms with Gasteiger partial charge in [0, 0.05) is 38.3 Å². The lowest BCUT2D eigenvalue weighted by Gasteiger charge is -2.37. The first-order chi connectivity index (χ1) is 9.37. The zero-order chi connectivity index (χ0) is 14.8. The van der Waals surface area contributed by atoms with Gasteiger partial charge in [0.2, 0.25) is 0 Å². The normalized spacial score (nSPS) is 22.9. The Bertz CT molecular complexity index is 538. The van der Waals surface area contributed by atoms with Gasteiger partial charge in [0.05, 0.1) is 25.0 Å². The molecular weight excluding hydrogens is 276 g/mol. The van der Waals surface area contributed by atoms with Gasteiger partial charge >= 0.3 is 0 Å². The van der Waals surface area contributed by atoms with Gasteiger partial charge in [-0.3, -0.25) is 4.90 Å². The Labute approximate surface area is 121 Å². The number of aryl methyl sites for hydroxylation is 1. The van der Waals surface area contributed by atoms with Gasteiger partial charge < -0.3 is 9.30 Å². The van der Waals surface area contributed by atoms with E-state index in [1.54, 1.807) is 0 Å². The average molecular weight is 300 g/mol. The molecule has 1 saturated heterocycles. The smallest absolute Gasteiger partial charge is 0.147 e. The highest BCUT2D eigenvalue weighted by atomic mass is 32.2. The molecule has 0 saturated carbocycles. The van der Waals surface area contributed by atoms with Crippen LogP contribution < -0.4 is 0 Å². The van der Waals surface area contributed by atoms with Crippen molar-refractivity contribution >= 4 is 9.84 Å². The molecule has 0 bridgehead atoms. The highest BCUT2D eigenvalue weighted by Gasteiger charge is 2.27. The zero-order valence-corrected chi connectivity index (χ0v) is 13.3. The number of morpholine rings is 1. The van der Waals surface area contributed by atoms with Gasteiger partial charge in [0.15, 0.2) is 0 Å². The number of aromatic nitrogens is 1. The fourth-order valence-electron chi connectivity index (χ4n) is 2.92. The van der Waals surface area contributed by atoms with E-state index < -0.39 is 9.84 Å². The van der Waals surface area contributed by atoms with Crippen LogP contribution in [0.4, 0.5) is 0 Å². The Morgan fingerprint density at radius 1 is 1.50 bits per heavy atom. The molecule has 2 atom stereocenters. The van der Waals surface area contributed by atoms with Crippen LogP contribution in [0.1, 0.15) is 18.7 Å². The average Bonchev–Trinajstić information content (AvgIpc) is 2.73. The molecule has 114 valence electrons. The van der Waals surface area contributed by atoms with Crippen LogP contribution in [0.5, 0.6) is 0 Å². The van der Waals surface area contributed by atoms with Crippen LogP contribution >= 0.6 is 0 Å². The van der Waals surface area contributed by atoms with Crippen LogP contribution in [0.25, 0.3) is 0 Å².